The fourth-order valence-corrected chi connectivity index (χ4v) is 2.33. The van der Waals surface area contributed by atoms with E-state index in [1.54, 1.807) is 6.92 Å². The van der Waals surface area contributed by atoms with Crippen molar-refractivity contribution in [2.75, 3.05) is 13.2 Å². The first-order chi connectivity index (χ1) is 7.25. The van der Waals surface area contributed by atoms with Gasteiger partial charge in [0.05, 0.1) is 12.7 Å². The molecular weight excluding hydrogens is 255 g/mol. The summed E-state index contributed by atoms with van der Waals surface area (Å²) in [5.41, 5.74) is 0. The molecule has 4 nitrogen and oxygen atoms in total. The minimum atomic E-state index is -4.37. The molecule has 0 aromatic heterocycles. The van der Waals surface area contributed by atoms with Gasteiger partial charge in [0.25, 0.3) is 0 Å². The van der Waals surface area contributed by atoms with E-state index >= 15 is 0 Å². The van der Waals surface area contributed by atoms with Crippen LogP contribution in [-0.4, -0.2) is 31.7 Å². The summed E-state index contributed by atoms with van der Waals surface area (Å²) < 4.78 is 73.3. The molecule has 1 saturated heterocycles. The fourth-order valence-electron chi connectivity index (χ4n) is 0.930. The first-order valence-electron chi connectivity index (χ1n) is 4.49. The van der Waals surface area contributed by atoms with Gasteiger partial charge in [-0.25, -0.2) is 13.3 Å². The Hall–Kier alpha value is -0.170. The molecule has 0 N–H and O–H groups in total. The van der Waals surface area contributed by atoms with E-state index in [-0.39, 0.29) is 6.61 Å². The lowest BCUT2D eigenvalue weighted by Gasteiger charge is -2.27. The summed E-state index contributed by atoms with van der Waals surface area (Å²) in [7, 11) is -4.12. The number of halogens is 4. The molecule has 16 heavy (non-hydrogen) atoms. The van der Waals surface area contributed by atoms with Gasteiger partial charge in [0.1, 0.15) is 6.61 Å². The van der Waals surface area contributed by atoms with E-state index in [1.165, 1.54) is 0 Å². The van der Waals surface area contributed by atoms with Crippen molar-refractivity contribution in [3.63, 3.8) is 0 Å². The Morgan fingerprint density at radius 2 is 2.19 bits per heavy atom. The summed E-state index contributed by atoms with van der Waals surface area (Å²) in [5, 5.41) is 0. The molecule has 0 radical (unpaired) electrons. The molecule has 1 fully saturated rings. The lowest BCUT2D eigenvalue weighted by molar-refractivity contribution is -0.153. The molecule has 0 spiro atoms. The van der Waals surface area contributed by atoms with Crippen molar-refractivity contribution in [2.24, 2.45) is 0 Å². The first-order valence-corrected chi connectivity index (χ1v) is 5.95. The highest BCUT2D eigenvalue weighted by molar-refractivity contribution is 7.48. The van der Waals surface area contributed by atoms with Gasteiger partial charge in [-0.1, -0.05) is 0 Å². The van der Waals surface area contributed by atoms with Crippen molar-refractivity contribution in [3.8, 4) is 0 Å². The van der Waals surface area contributed by atoms with Crippen LogP contribution in [0.4, 0.5) is 17.6 Å². The summed E-state index contributed by atoms with van der Waals surface area (Å²) in [4.78, 5) is 0. The van der Waals surface area contributed by atoms with Crippen LogP contribution in [0.3, 0.4) is 0 Å². The molecule has 0 aromatic carbocycles. The first kappa shape index (κ1) is 13.9. The van der Waals surface area contributed by atoms with Crippen LogP contribution in [0.25, 0.3) is 0 Å². The monoisotopic (exact) mass is 266 g/mol. The van der Waals surface area contributed by atoms with Crippen molar-refractivity contribution in [3.05, 3.63) is 0 Å². The van der Waals surface area contributed by atoms with Crippen molar-refractivity contribution < 1.29 is 35.7 Å². The van der Waals surface area contributed by atoms with Crippen LogP contribution in [0.2, 0.25) is 0 Å². The molecule has 0 amide bonds. The standard InChI is InChI=1S/C7H11F4O4P/c1-5-2-3-13-16(12,15-5)14-4-7(10,11)6(8)9/h5-6H,2-4H2,1H3. The van der Waals surface area contributed by atoms with Gasteiger partial charge in [0, 0.05) is 0 Å². The second kappa shape index (κ2) is 5.00. The van der Waals surface area contributed by atoms with E-state index in [2.05, 4.69) is 13.6 Å². The largest absolute Gasteiger partial charge is 0.475 e. The Labute approximate surface area is 89.5 Å². The molecule has 0 bridgehead atoms. The van der Waals surface area contributed by atoms with E-state index in [9.17, 15) is 22.1 Å². The molecule has 0 saturated carbocycles. The Bertz CT molecular complexity index is 286. The van der Waals surface area contributed by atoms with Gasteiger partial charge in [0.15, 0.2) is 0 Å². The zero-order valence-corrected chi connectivity index (χ0v) is 9.26. The molecule has 96 valence electrons. The minimum Gasteiger partial charge on any atom is -0.287 e. The number of hydrogen-bond acceptors (Lipinski definition) is 4. The van der Waals surface area contributed by atoms with Crippen LogP contribution >= 0.6 is 7.82 Å². The normalized spacial score (nSPS) is 32.0. The molecule has 0 aromatic rings. The number of phosphoric ester groups is 1. The van der Waals surface area contributed by atoms with Crippen LogP contribution in [-0.2, 0) is 18.1 Å². The van der Waals surface area contributed by atoms with Gasteiger partial charge in [0.2, 0.25) is 0 Å². The summed E-state index contributed by atoms with van der Waals surface area (Å²) >= 11 is 0. The molecule has 9 heteroatoms. The average molecular weight is 266 g/mol. The lowest BCUT2D eigenvalue weighted by atomic mass is 10.3. The third-order valence-electron chi connectivity index (χ3n) is 1.82. The Kier molecular flexibility index (Phi) is 4.34. The molecule has 1 aliphatic rings. The van der Waals surface area contributed by atoms with Crippen LogP contribution in [0, 0.1) is 0 Å². The smallest absolute Gasteiger partial charge is 0.287 e. The molecular formula is C7H11F4O4P. The highest BCUT2D eigenvalue weighted by Gasteiger charge is 2.45. The summed E-state index contributed by atoms with van der Waals surface area (Å²) in [6.45, 7) is -0.142. The molecule has 0 aliphatic carbocycles. The van der Waals surface area contributed by atoms with Crippen LogP contribution in [0.1, 0.15) is 13.3 Å². The van der Waals surface area contributed by atoms with Crippen LogP contribution in [0.5, 0.6) is 0 Å². The maximum Gasteiger partial charge on any atom is 0.475 e. The molecule has 1 heterocycles. The van der Waals surface area contributed by atoms with Crippen molar-refractivity contribution in [1.29, 1.82) is 0 Å². The predicted octanol–water partition coefficient (Wildman–Crippen LogP) is 2.84. The van der Waals surface area contributed by atoms with Gasteiger partial charge >= 0.3 is 20.2 Å². The van der Waals surface area contributed by atoms with Gasteiger partial charge < -0.3 is 0 Å². The SMILES string of the molecule is CC1CCOP(=O)(OCC(F)(F)C(F)F)O1. The fraction of sp³-hybridized carbons (Fsp3) is 1.00. The summed E-state index contributed by atoms with van der Waals surface area (Å²) in [6, 6.07) is 0. The van der Waals surface area contributed by atoms with E-state index in [0.29, 0.717) is 6.42 Å². The highest BCUT2D eigenvalue weighted by Crippen LogP contribution is 2.54. The van der Waals surface area contributed by atoms with E-state index < -0.39 is 32.9 Å². The average Bonchev–Trinajstić information content (AvgIpc) is 2.14. The summed E-state index contributed by atoms with van der Waals surface area (Å²) in [6.07, 6.45) is -3.94. The Morgan fingerprint density at radius 3 is 2.69 bits per heavy atom. The third kappa shape index (κ3) is 3.69. The second-order valence-corrected chi connectivity index (χ2v) is 4.94. The quantitative estimate of drug-likeness (QED) is 0.579. The maximum atomic E-state index is 12.5. The van der Waals surface area contributed by atoms with Crippen LogP contribution in [0.15, 0.2) is 0 Å². The number of rotatable bonds is 4. The van der Waals surface area contributed by atoms with Crippen LogP contribution < -0.4 is 0 Å². The highest BCUT2D eigenvalue weighted by atomic mass is 31.2. The van der Waals surface area contributed by atoms with Gasteiger partial charge in [-0.15, -0.1) is 0 Å². The number of hydrogen-bond donors (Lipinski definition) is 0. The van der Waals surface area contributed by atoms with E-state index in [4.69, 9.17) is 0 Å². The Morgan fingerprint density at radius 1 is 1.56 bits per heavy atom. The zero-order valence-electron chi connectivity index (χ0n) is 8.37. The van der Waals surface area contributed by atoms with Gasteiger partial charge in [-0.3, -0.25) is 13.6 Å². The molecule has 1 rings (SSSR count). The second-order valence-electron chi connectivity index (χ2n) is 3.32. The van der Waals surface area contributed by atoms with E-state index in [0.717, 1.165) is 0 Å². The van der Waals surface area contributed by atoms with Crippen molar-refractivity contribution >= 4 is 7.82 Å². The number of alkyl halides is 4. The molecule has 1 aliphatic heterocycles. The molecule has 2 atom stereocenters. The summed E-state index contributed by atoms with van der Waals surface area (Å²) in [5.74, 6) is -4.37. The van der Waals surface area contributed by atoms with Gasteiger partial charge in [-0.2, -0.15) is 8.78 Å². The van der Waals surface area contributed by atoms with Gasteiger partial charge in [-0.05, 0) is 13.3 Å². The van der Waals surface area contributed by atoms with Crippen molar-refractivity contribution in [2.45, 2.75) is 31.8 Å². The Balaban J connectivity index is 2.51. The topological polar surface area (TPSA) is 44.8 Å². The maximum absolute atomic E-state index is 12.5. The number of phosphoric acid groups is 1. The molecule has 2 unspecified atom stereocenters. The third-order valence-corrected chi connectivity index (χ3v) is 3.38. The van der Waals surface area contributed by atoms with E-state index in [1.807, 2.05) is 0 Å². The minimum absolute atomic E-state index is 0.0126. The zero-order chi connectivity index (χ0) is 12.4. The lowest BCUT2D eigenvalue weighted by Crippen LogP contribution is -2.32. The predicted molar refractivity (Wildman–Crippen MR) is 45.6 cm³/mol. The van der Waals surface area contributed by atoms with Crippen molar-refractivity contribution in [1.82, 2.24) is 0 Å².